The number of aliphatic hydroxyl groups is 1. The van der Waals surface area contributed by atoms with E-state index < -0.39 is 23.3 Å². The zero-order valence-corrected chi connectivity index (χ0v) is 11.4. The number of hydrogen-bond donors (Lipinski definition) is 2. The lowest BCUT2D eigenvalue weighted by Gasteiger charge is -2.18. The summed E-state index contributed by atoms with van der Waals surface area (Å²) >= 11 is 0. The second-order valence-corrected chi connectivity index (χ2v) is 4.59. The molecule has 22 heavy (non-hydrogen) atoms. The van der Waals surface area contributed by atoms with Gasteiger partial charge in [0.25, 0.3) is 0 Å². The Balaban J connectivity index is 2.27. The van der Waals surface area contributed by atoms with Crippen molar-refractivity contribution in [1.82, 2.24) is 0 Å². The number of nitrogens with one attached hydrogen (secondary N) is 1. The van der Waals surface area contributed by atoms with Crippen LogP contribution >= 0.6 is 0 Å². The third-order valence-electron chi connectivity index (χ3n) is 3.09. The van der Waals surface area contributed by atoms with Crippen molar-refractivity contribution in [2.75, 3.05) is 11.9 Å². The summed E-state index contributed by atoms with van der Waals surface area (Å²) in [6, 6.07) is 7.76. The molecule has 1 atom stereocenters. The number of anilines is 1. The third kappa shape index (κ3) is 3.59. The van der Waals surface area contributed by atoms with Crippen LogP contribution in [-0.4, -0.2) is 11.7 Å². The first-order valence-electron chi connectivity index (χ1n) is 6.48. The van der Waals surface area contributed by atoms with Gasteiger partial charge in [0.05, 0.1) is 29.5 Å². The Kier molecular flexibility index (Phi) is 4.73. The van der Waals surface area contributed by atoms with E-state index in [1.165, 1.54) is 12.3 Å². The van der Waals surface area contributed by atoms with Crippen LogP contribution in [0.2, 0.25) is 0 Å². The molecule has 2 N–H and O–H groups in total. The highest BCUT2D eigenvalue weighted by Gasteiger charge is 2.33. The molecule has 4 nitrogen and oxygen atoms in total. The standard InChI is InChI=1S/C15H13F3N2O2/c16-15(17,18)12-4-3-11(8-10(12)9-19)20-13(5-6-21)14-2-1-7-22-14/h1-4,7-8,13,20-21H,5-6H2. The van der Waals surface area contributed by atoms with E-state index in [1.54, 1.807) is 18.2 Å². The third-order valence-corrected chi connectivity index (χ3v) is 3.09. The minimum atomic E-state index is -4.57. The van der Waals surface area contributed by atoms with Crippen molar-refractivity contribution in [2.24, 2.45) is 0 Å². The Morgan fingerprint density at radius 3 is 2.64 bits per heavy atom. The summed E-state index contributed by atoms with van der Waals surface area (Å²) in [5, 5.41) is 20.9. The molecule has 0 aliphatic heterocycles. The number of aliphatic hydroxyl groups excluding tert-OH is 1. The highest BCUT2D eigenvalue weighted by molar-refractivity contribution is 5.54. The second kappa shape index (κ2) is 6.54. The average Bonchev–Trinajstić information content (AvgIpc) is 2.99. The molecule has 1 aromatic carbocycles. The van der Waals surface area contributed by atoms with Gasteiger partial charge in [-0.25, -0.2) is 0 Å². The number of alkyl halides is 3. The van der Waals surface area contributed by atoms with Gasteiger partial charge in [0.2, 0.25) is 0 Å². The number of nitrogens with zero attached hydrogens (tertiary/aromatic N) is 1. The minimum absolute atomic E-state index is 0.121. The predicted octanol–water partition coefficient (Wildman–Crippen LogP) is 3.71. The first-order chi connectivity index (χ1) is 10.5. The fourth-order valence-corrected chi connectivity index (χ4v) is 2.08. The summed E-state index contributed by atoms with van der Waals surface area (Å²) in [6.07, 6.45) is -2.79. The van der Waals surface area contributed by atoms with Crippen molar-refractivity contribution in [3.05, 3.63) is 53.5 Å². The summed E-state index contributed by atoms with van der Waals surface area (Å²) in [7, 11) is 0. The molecule has 1 unspecified atom stereocenters. The van der Waals surface area contributed by atoms with Crippen molar-refractivity contribution in [2.45, 2.75) is 18.6 Å². The van der Waals surface area contributed by atoms with Crippen LogP contribution in [0.15, 0.2) is 41.0 Å². The molecule has 0 saturated heterocycles. The topological polar surface area (TPSA) is 69.2 Å². The zero-order valence-electron chi connectivity index (χ0n) is 11.4. The first kappa shape index (κ1) is 15.9. The smallest absolute Gasteiger partial charge is 0.417 e. The van der Waals surface area contributed by atoms with Crippen LogP contribution in [0.3, 0.4) is 0 Å². The molecule has 7 heteroatoms. The van der Waals surface area contributed by atoms with Crippen LogP contribution in [0.25, 0.3) is 0 Å². The Morgan fingerprint density at radius 1 is 1.32 bits per heavy atom. The van der Waals surface area contributed by atoms with E-state index in [2.05, 4.69) is 5.32 Å². The van der Waals surface area contributed by atoms with Crippen molar-refractivity contribution >= 4 is 5.69 Å². The van der Waals surface area contributed by atoms with Gasteiger partial charge >= 0.3 is 6.18 Å². The summed E-state index contributed by atoms with van der Waals surface area (Å²) in [6.45, 7) is -0.121. The maximum absolute atomic E-state index is 12.8. The second-order valence-electron chi connectivity index (χ2n) is 4.59. The molecule has 0 saturated carbocycles. The van der Waals surface area contributed by atoms with Gasteiger partial charge in [-0.15, -0.1) is 0 Å². The van der Waals surface area contributed by atoms with E-state index in [-0.39, 0.29) is 6.61 Å². The van der Waals surface area contributed by atoms with Crippen LogP contribution in [0.1, 0.15) is 29.3 Å². The summed E-state index contributed by atoms with van der Waals surface area (Å²) in [4.78, 5) is 0. The van der Waals surface area contributed by atoms with Crippen molar-refractivity contribution in [3.8, 4) is 6.07 Å². The molecule has 2 rings (SSSR count). The lowest BCUT2D eigenvalue weighted by atomic mass is 10.1. The number of nitriles is 1. The molecule has 0 fully saturated rings. The van der Waals surface area contributed by atoms with Gasteiger partial charge < -0.3 is 14.8 Å². The van der Waals surface area contributed by atoms with E-state index in [0.717, 1.165) is 12.1 Å². The highest BCUT2D eigenvalue weighted by Crippen LogP contribution is 2.34. The molecule has 0 amide bonds. The van der Waals surface area contributed by atoms with Crippen molar-refractivity contribution in [1.29, 1.82) is 5.26 Å². The zero-order chi connectivity index (χ0) is 16.2. The maximum Gasteiger partial charge on any atom is 0.417 e. The number of rotatable bonds is 5. The van der Waals surface area contributed by atoms with E-state index >= 15 is 0 Å². The van der Waals surface area contributed by atoms with Gasteiger partial charge in [0.1, 0.15) is 5.76 Å². The fourth-order valence-electron chi connectivity index (χ4n) is 2.08. The summed E-state index contributed by atoms with van der Waals surface area (Å²) < 4.78 is 43.5. The predicted molar refractivity (Wildman–Crippen MR) is 72.9 cm³/mol. The monoisotopic (exact) mass is 310 g/mol. The van der Waals surface area contributed by atoms with Crippen LogP contribution < -0.4 is 5.32 Å². The Hall–Kier alpha value is -2.46. The normalized spacial score (nSPS) is 12.7. The van der Waals surface area contributed by atoms with Gasteiger partial charge in [-0.05, 0) is 36.8 Å². The van der Waals surface area contributed by atoms with Crippen LogP contribution in [-0.2, 0) is 6.18 Å². The average molecular weight is 310 g/mol. The molecule has 0 aliphatic rings. The molecule has 0 spiro atoms. The van der Waals surface area contributed by atoms with Crippen LogP contribution in [0.5, 0.6) is 0 Å². The Labute approximate surface area is 124 Å². The summed E-state index contributed by atoms with van der Waals surface area (Å²) in [5.41, 5.74) is -1.09. The van der Waals surface area contributed by atoms with E-state index in [9.17, 15) is 13.2 Å². The Bertz CT molecular complexity index is 660. The molecule has 0 radical (unpaired) electrons. The van der Waals surface area contributed by atoms with Gasteiger partial charge in [0, 0.05) is 12.3 Å². The van der Waals surface area contributed by atoms with Gasteiger partial charge in [0.15, 0.2) is 0 Å². The fraction of sp³-hybridized carbons (Fsp3) is 0.267. The number of halogens is 3. The van der Waals surface area contributed by atoms with E-state index in [0.29, 0.717) is 17.9 Å². The number of hydrogen-bond acceptors (Lipinski definition) is 4. The van der Waals surface area contributed by atoms with Crippen molar-refractivity contribution < 1.29 is 22.7 Å². The lowest BCUT2D eigenvalue weighted by molar-refractivity contribution is -0.137. The maximum atomic E-state index is 12.8. The van der Waals surface area contributed by atoms with Gasteiger partial charge in [-0.2, -0.15) is 18.4 Å². The van der Waals surface area contributed by atoms with E-state index in [4.69, 9.17) is 14.8 Å². The molecule has 1 heterocycles. The SMILES string of the molecule is N#Cc1cc(NC(CCO)c2ccco2)ccc1C(F)(F)F. The minimum Gasteiger partial charge on any atom is -0.467 e. The molecule has 116 valence electrons. The van der Waals surface area contributed by atoms with Crippen LogP contribution in [0.4, 0.5) is 18.9 Å². The van der Waals surface area contributed by atoms with Crippen LogP contribution in [0, 0.1) is 11.3 Å². The largest absolute Gasteiger partial charge is 0.467 e. The van der Waals surface area contributed by atoms with E-state index in [1.807, 2.05) is 0 Å². The van der Waals surface area contributed by atoms with Gasteiger partial charge in [-0.3, -0.25) is 0 Å². The number of benzene rings is 1. The van der Waals surface area contributed by atoms with Crippen molar-refractivity contribution in [3.63, 3.8) is 0 Å². The quantitative estimate of drug-likeness (QED) is 0.883. The molecule has 0 bridgehead atoms. The summed E-state index contributed by atoms with van der Waals surface area (Å²) in [5.74, 6) is 0.549. The first-order valence-corrected chi connectivity index (χ1v) is 6.48. The molecular formula is C15H13F3N2O2. The lowest BCUT2D eigenvalue weighted by Crippen LogP contribution is -2.13. The Morgan fingerprint density at radius 2 is 2.09 bits per heavy atom. The van der Waals surface area contributed by atoms with Gasteiger partial charge in [-0.1, -0.05) is 0 Å². The molecule has 0 aliphatic carbocycles. The number of furan rings is 1. The highest BCUT2D eigenvalue weighted by atomic mass is 19.4. The molecule has 2 aromatic rings. The molecule has 1 aromatic heterocycles. The molecular weight excluding hydrogens is 297 g/mol.